The maximum absolute atomic E-state index is 12.6. The molecule has 0 aliphatic carbocycles. The highest BCUT2D eigenvalue weighted by Crippen LogP contribution is 2.31. The Balaban J connectivity index is 1.40. The predicted octanol–water partition coefficient (Wildman–Crippen LogP) is 5.13. The van der Waals surface area contributed by atoms with Crippen LogP contribution in [0.2, 0.25) is 5.02 Å². The molecule has 1 aliphatic rings. The normalized spacial score (nSPS) is 14.3. The Morgan fingerprint density at radius 1 is 1.00 bits per heavy atom. The Morgan fingerprint density at radius 2 is 1.74 bits per heavy atom. The third-order valence-electron chi connectivity index (χ3n) is 5.81. The van der Waals surface area contributed by atoms with E-state index in [-0.39, 0.29) is 11.9 Å². The fourth-order valence-electron chi connectivity index (χ4n) is 4.00. The third-order valence-corrected chi connectivity index (χ3v) is 6.13. The lowest BCUT2D eigenvalue weighted by molar-refractivity contribution is 0.0940. The van der Waals surface area contributed by atoms with Crippen molar-refractivity contribution >= 4 is 23.2 Å². The summed E-state index contributed by atoms with van der Waals surface area (Å²) in [7, 11) is 0. The van der Waals surface area contributed by atoms with E-state index in [2.05, 4.69) is 22.0 Å². The van der Waals surface area contributed by atoms with Gasteiger partial charge in [-0.15, -0.1) is 0 Å². The molecule has 0 spiro atoms. The topological polar surface area (TPSA) is 53.2 Å². The number of rotatable bonds is 6. The van der Waals surface area contributed by atoms with Crippen LogP contribution in [0.4, 0.5) is 5.69 Å². The summed E-state index contributed by atoms with van der Waals surface area (Å²) in [4.78, 5) is 12.6. The SMILES string of the molecule is C[C@@H](NC(=O)c1ccc(CNc2c(Cl)ccc3c2CCNCC3)cc1)c1ccccc1. The summed E-state index contributed by atoms with van der Waals surface area (Å²) >= 11 is 6.51. The van der Waals surface area contributed by atoms with E-state index in [9.17, 15) is 4.79 Å². The fraction of sp³-hybridized carbons (Fsp3) is 0.269. The molecule has 0 radical (unpaired) electrons. The van der Waals surface area contributed by atoms with Crippen LogP contribution < -0.4 is 16.0 Å². The summed E-state index contributed by atoms with van der Waals surface area (Å²) in [5, 5.41) is 10.8. The zero-order chi connectivity index (χ0) is 21.6. The van der Waals surface area contributed by atoms with Crippen molar-refractivity contribution < 1.29 is 4.79 Å². The number of amides is 1. The number of hydrogen-bond donors (Lipinski definition) is 3. The van der Waals surface area contributed by atoms with Crippen molar-refractivity contribution in [3.05, 3.63) is 99.6 Å². The molecule has 0 unspecified atom stereocenters. The Labute approximate surface area is 189 Å². The average Bonchev–Trinajstić information content (AvgIpc) is 3.05. The maximum Gasteiger partial charge on any atom is 0.251 e. The number of nitrogens with one attached hydrogen (secondary N) is 3. The van der Waals surface area contributed by atoms with Crippen LogP contribution in [0.25, 0.3) is 0 Å². The first-order valence-corrected chi connectivity index (χ1v) is 11.2. The second-order valence-corrected chi connectivity index (χ2v) is 8.37. The second-order valence-electron chi connectivity index (χ2n) is 7.97. The Morgan fingerprint density at radius 3 is 2.52 bits per heavy atom. The molecule has 3 aromatic carbocycles. The zero-order valence-corrected chi connectivity index (χ0v) is 18.5. The van der Waals surface area contributed by atoms with Crippen molar-refractivity contribution in [3.8, 4) is 0 Å². The highest BCUT2D eigenvalue weighted by atomic mass is 35.5. The van der Waals surface area contributed by atoms with Crippen molar-refractivity contribution in [2.75, 3.05) is 18.4 Å². The maximum atomic E-state index is 12.6. The Kier molecular flexibility index (Phi) is 6.90. The number of anilines is 1. The van der Waals surface area contributed by atoms with E-state index >= 15 is 0 Å². The van der Waals surface area contributed by atoms with Crippen molar-refractivity contribution in [3.63, 3.8) is 0 Å². The molecule has 1 aliphatic heterocycles. The minimum absolute atomic E-state index is 0.0417. The first kappa shape index (κ1) is 21.4. The van der Waals surface area contributed by atoms with Crippen molar-refractivity contribution in [1.29, 1.82) is 0 Å². The average molecular weight is 434 g/mol. The van der Waals surface area contributed by atoms with Crippen LogP contribution in [-0.4, -0.2) is 19.0 Å². The molecule has 0 fully saturated rings. The minimum Gasteiger partial charge on any atom is -0.380 e. The van der Waals surface area contributed by atoms with E-state index in [1.807, 2.05) is 67.6 Å². The molecule has 1 amide bonds. The molecular weight excluding hydrogens is 406 g/mol. The van der Waals surface area contributed by atoms with Crippen LogP contribution in [0.15, 0.2) is 66.7 Å². The molecule has 1 heterocycles. The fourth-order valence-corrected chi connectivity index (χ4v) is 4.25. The van der Waals surface area contributed by atoms with Crippen LogP contribution in [0.3, 0.4) is 0 Å². The minimum atomic E-state index is -0.0696. The number of halogens is 1. The van der Waals surface area contributed by atoms with Crippen LogP contribution >= 0.6 is 11.6 Å². The first-order valence-electron chi connectivity index (χ1n) is 10.8. The van der Waals surface area contributed by atoms with Gasteiger partial charge in [0.25, 0.3) is 5.91 Å². The van der Waals surface area contributed by atoms with Gasteiger partial charge in [0.05, 0.1) is 16.8 Å². The summed E-state index contributed by atoms with van der Waals surface area (Å²) in [6.07, 6.45) is 1.99. The second kappa shape index (κ2) is 9.99. The molecule has 1 atom stereocenters. The van der Waals surface area contributed by atoms with Crippen LogP contribution in [0.5, 0.6) is 0 Å². The molecule has 31 heavy (non-hydrogen) atoms. The summed E-state index contributed by atoms with van der Waals surface area (Å²) < 4.78 is 0. The summed E-state index contributed by atoms with van der Waals surface area (Å²) in [6.45, 7) is 4.62. The van der Waals surface area contributed by atoms with Gasteiger partial charge in [0.15, 0.2) is 0 Å². The molecule has 0 saturated carbocycles. The monoisotopic (exact) mass is 433 g/mol. The number of hydrogen-bond acceptors (Lipinski definition) is 3. The Hall–Kier alpha value is -2.82. The van der Waals surface area contributed by atoms with Crippen molar-refractivity contribution in [2.24, 2.45) is 0 Å². The highest BCUT2D eigenvalue weighted by molar-refractivity contribution is 6.33. The molecular formula is C26H28ClN3O. The molecule has 3 aromatic rings. The van der Waals surface area contributed by atoms with E-state index in [4.69, 9.17) is 11.6 Å². The lowest BCUT2D eigenvalue weighted by atomic mass is 10.0. The molecule has 3 N–H and O–H groups in total. The summed E-state index contributed by atoms with van der Waals surface area (Å²) in [6, 6.07) is 21.8. The van der Waals surface area contributed by atoms with Crippen LogP contribution in [0.1, 0.15) is 45.6 Å². The Bertz CT molecular complexity index is 1030. The molecule has 0 aromatic heterocycles. The van der Waals surface area contributed by atoms with E-state index in [0.29, 0.717) is 12.1 Å². The molecule has 160 valence electrons. The number of benzene rings is 3. The van der Waals surface area contributed by atoms with Crippen molar-refractivity contribution in [2.45, 2.75) is 32.4 Å². The zero-order valence-electron chi connectivity index (χ0n) is 17.7. The van der Waals surface area contributed by atoms with Gasteiger partial charge in [0.1, 0.15) is 0 Å². The number of fused-ring (bicyclic) bond motifs is 1. The lowest BCUT2D eigenvalue weighted by Gasteiger charge is -2.17. The molecule has 4 rings (SSSR count). The van der Waals surface area contributed by atoms with Gasteiger partial charge >= 0.3 is 0 Å². The molecule has 0 saturated heterocycles. The van der Waals surface area contributed by atoms with Gasteiger partial charge in [-0.05, 0) is 73.3 Å². The van der Waals surface area contributed by atoms with Gasteiger partial charge in [-0.2, -0.15) is 0 Å². The van der Waals surface area contributed by atoms with Gasteiger partial charge in [-0.25, -0.2) is 0 Å². The van der Waals surface area contributed by atoms with Gasteiger partial charge in [0.2, 0.25) is 0 Å². The summed E-state index contributed by atoms with van der Waals surface area (Å²) in [5.41, 5.74) is 6.55. The van der Waals surface area contributed by atoms with Crippen LogP contribution in [-0.2, 0) is 19.4 Å². The van der Waals surface area contributed by atoms with Gasteiger partial charge in [-0.1, -0.05) is 60.1 Å². The van der Waals surface area contributed by atoms with Gasteiger partial charge < -0.3 is 16.0 Å². The number of carbonyl (C=O) groups is 1. The summed E-state index contributed by atoms with van der Waals surface area (Å²) in [5.74, 6) is -0.0696. The largest absolute Gasteiger partial charge is 0.380 e. The number of carbonyl (C=O) groups excluding carboxylic acids is 1. The van der Waals surface area contributed by atoms with E-state index in [1.165, 1.54) is 11.1 Å². The smallest absolute Gasteiger partial charge is 0.251 e. The highest BCUT2D eigenvalue weighted by Gasteiger charge is 2.15. The third kappa shape index (κ3) is 5.27. The van der Waals surface area contributed by atoms with E-state index < -0.39 is 0 Å². The van der Waals surface area contributed by atoms with E-state index in [1.54, 1.807) is 0 Å². The molecule has 5 heteroatoms. The van der Waals surface area contributed by atoms with Crippen LogP contribution in [0, 0.1) is 0 Å². The predicted molar refractivity (Wildman–Crippen MR) is 128 cm³/mol. The molecule has 4 nitrogen and oxygen atoms in total. The standard InChI is InChI=1S/C26H28ClN3O/c1-18(20-5-3-2-4-6-20)30-26(31)22-9-7-19(8-10-22)17-29-25-23-14-16-28-15-13-21(23)11-12-24(25)27/h2-12,18,28-29H,13-17H2,1H3,(H,30,31)/t18-/m1/s1. The van der Waals surface area contributed by atoms with Gasteiger partial charge in [-0.3, -0.25) is 4.79 Å². The van der Waals surface area contributed by atoms with Crippen molar-refractivity contribution in [1.82, 2.24) is 10.6 Å². The molecule has 0 bridgehead atoms. The van der Waals surface area contributed by atoms with E-state index in [0.717, 1.165) is 47.8 Å². The first-order chi connectivity index (χ1) is 15.1. The lowest BCUT2D eigenvalue weighted by Crippen LogP contribution is -2.26. The van der Waals surface area contributed by atoms with Gasteiger partial charge in [0, 0.05) is 12.1 Å². The quantitative estimate of drug-likeness (QED) is 0.505.